The van der Waals surface area contributed by atoms with Gasteiger partial charge in [0.05, 0.1) is 19.8 Å². The minimum Gasteiger partial charge on any atom is -0.493 e. The zero-order valence-electron chi connectivity index (χ0n) is 12.8. The molecule has 0 radical (unpaired) electrons. The lowest BCUT2D eigenvalue weighted by Gasteiger charge is -2.12. The number of ether oxygens (including phenoxy) is 2. The minimum atomic E-state index is -0.133. The molecule has 0 fully saturated rings. The third-order valence-electron chi connectivity index (χ3n) is 3.25. The van der Waals surface area contributed by atoms with Gasteiger partial charge in [0.2, 0.25) is 0 Å². The zero-order chi connectivity index (χ0) is 16.1. The number of carbonyl (C=O) groups is 1. The topological polar surface area (TPSA) is 47.6 Å². The Morgan fingerprint density at radius 1 is 1.14 bits per heavy atom. The van der Waals surface area contributed by atoms with Gasteiger partial charge in [-0.1, -0.05) is 29.8 Å². The number of hydrogen-bond acceptors (Lipinski definition) is 3. The molecule has 0 aliphatic carbocycles. The van der Waals surface area contributed by atoms with Gasteiger partial charge in [-0.2, -0.15) is 0 Å². The molecule has 1 amide bonds. The lowest BCUT2D eigenvalue weighted by molar-refractivity contribution is 0.0949. The number of carbonyl (C=O) groups excluding carboxylic acids is 1. The molecular weight excluding hydrogens is 393 g/mol. The molecule has 0 aliphatic heterocycles. The Kier molecular flexibility index (Phi) is 5.65. The minimum absolute atomic E-state index is 0.133. The number of halogens is 1. The highest BCUT2D eigenvalue weighted by Gasteiger charge is 2.15. The summed E-state index contributed by atoms with van der Waals surface area (Å²) >= 11 is 2.12. The van der Waals surface area contributed by atoms with Crippen LogP contribution in [0.3, 0.4) is 0 Å². The van der Waals surface area contributed by atoms with Gasteiger partial charge in [-0.25, -0.2) is 0 Å². The quantitative estimate of drug-likeness (QED) is 0.766. The lowest BCUT2D eigenvalue weighted by atomic mass is 10.1. The summed E-state index contributed by atoms with van der Waals surface area (Å²) in [5.41, 5.74) is 2.82. The standard InChI is InChI=1S/C17H18INO3/c1-11-5-4-6-12(7-11)10-19-17(20)13-8-15(21-2)16(22-3)9-14(13)18/h4-9H,10H2,1-3H3,(H,19,20). The maximum absolute atomic E-state index is 12.4. The molecule has 0 saturated heterocycles. The first kappa shape index (κ1) is 16.6. The molecule has 4 nitrogen and oxygen atoms in total. The largest absolute Gasteiger partial charge is 0.493 e. The smallest absolute Gasteiger partial charge is 0.252 e. The van der Waals surface area contributed by atoms with Crippen molar-refractivity contribution >= 4 is 28.5 Å². The second-order valence-electron chi connectivity index (χ2n) is 4.86. The predicted octanol–water partition coefficient (Wildman–Crippen LogP) is 3.55. The fourth-order valence-corrected chi connectivity index (χ4v) is 2.81. The Balaban J connectivity index is 2.15. The summed E-state index contributed by atoms with van der Waals surface area (Å²) in [7, 11) is 3.13. The zero-order valence-corrected chi connectivity index (χ0v) is 14.9. The van der Waals surface area contributed by atoms with E-state index in [0.717, 1.165) is 9.13 Å². The van der Waals surface area contributed by atoms with E-state index in [-0.39, 0.29) is 5.91 Å². The molecule has 2 rings (SSSR count). The van der Waals surface area contributed by atoms with E-state index in [9.17, 15) is 4.79 Å². The molecular formula is C17H18INO3. The SMILES string of the molecule is COc1cc(I)c(C(=O)NCc2cccc(C)c2)cc1OC. The number of methoxy groups -OCH3 is 2. The van der Waals surface area contributed by atoms with Gasteiger partial charge in [0.15, 0.2) is 11.5 Å². The van der Waals surface area contributed by atoms with Crippen LogP contribution in [0.1, 0.15) is 21.5 Å². The van der Waals surface area contributed by atoms with E-state index in [1.807, 2.05) is 25.1 Å². The van der Waals surface area contributed by atoms with E-state index in [2.05, 4.69) is 34.0 Å². The van der Waals surface area contributed by atoms with Crippen LogP contribution in [-0.4, -0.2) is 20.1 Å². The van der Waals surface area contributed by atoms with Crippen molar-refractivity contribution in [2.75, 3.05) is 14.2 Å². The number of amides is 1. The monoisotopic (exact) mass is 411 g/mol. The second kappa shape index (κ2) is 7.49. The number of benzene rings is 2. The Labute approximate surface area is 144 Å². The molecule has 0 aliphatic rings. The van der Waals surface area contributed by atoms with Crippen LogP contribution >= 0.6 is 22.6 Å². The molecule has 2 aromatic rings. The number of aryl methyl sites for hydroxylation is 1. The summed E-state index contributed by atoms with van der Waals surface area (Å²) in [5.74, 6) is 1.03. The average molecular weight is 411 g/mol. The van der Waals surface area contributed by atoms with Crippen LogP contribution in [0.4, 0.5) is 0 Å². The van der Waals surface area contributed by atoms with Gasteiger partial charge in [-0.15, -0.1) is 0 Å². The summed E-state index contributed by atoms with van der Waals surface area (Å²) in [6.07, 6.45) is 0. The molecule has 0 bridgehead atoms. The van der Waals surface area contributed by atoms with Crippen LogP contribution in [0.2, 0.25) is 0 Å². The maximum Gasteiger partial charge on any atom is 0.252 e. The third-order valence-corrected chi connectivity index (χ3v) is 4.15. The first-order valence-corrected chi connectivity index (χ1v) is 7.88. The van der Waals surface area contributed by atoms with Gasteiger partial charge in [0.25, 0.3) is 5.91 Å². The molecule has 1 N–H and O–H groups in total. The summed E-state index contributed by atoms with van der Waals surface area (Å²) in [6, 6.07) is 11.6. The highest BCUT2D eigenvalue weighted by atomic mass is 127. The van der Waals surface area contributed by atoms with Crippen molar-refractivity contribution in [1.82, 2.24) is 5.32 Å². The third kappa shape index (κ3) is 3.91. The first-order valence-electron chi connectivity index (χ1n) is 6.80. The molecule has 0 heterocycles. The highest BCUT2D eigenvalue weighted by molar-refractivity contribution is 14.1. The molecule has 0 spiro atoms. The van der Waals surface area contributed by atoms with Crippen LogP contribution in [0.25, 0.3) is 0 Å². The Morgan fingerprint density at radius 2 is 1.82 bits per heavy atom. The molecule has 22 heavy (non-hydrogen) atoms. The van der Waals surface area contributed by atoms with Gasteiger partial charge in [0.1, 0.15) is 0 Å². The Bertz CT molecular complexity index is 686. The second-order valence-corrected chi connectivity index (χ2v) is 6.02. The summed E-state index contributed by atoms with van der Waals surface area (Å²) in [5, 5.41) is 2.93. The fraction of sp³-hybridized carbons (Fsp3) is 0.235. The van der Waals surface area contributed by atoms with Gasteiger partial charge in [-0.05, 0) is 47.2 Å². The maximum atomic E-state index is 12.4. The summed E-state index contributed by atoms with van der Waals surface area (Å²) < 4.78 is 11.3. The van der Waals surface area contributed by atoms with Crippen LogP contribution < -0.4 is 14.8 Å². The van der Waals surface area contributed by atoms with E-state index < -0.39 is 0 Å². The van der Waals surface area contributed by atoms with Crippen LogP contribution in [0.15, 0.2) is 36.4 Å². The molecule has 0 unspecified atom stereocenters. The van der Waals surface area contributed by atoms with Crippen molar-refractivity contribution in [3.8, 4) is 11.5 Å². The number of hydrogen-bond donors (Lipinski definition) is 1. The number of nitrogens with one attached hydrogen (secondary N) is 1. The van der Waals surface area contributed by atoms with Crippen molar-refractivity contribution in [3.63, 3.8) is 0 Å². The molecule has 2 aromatic carbocycles. The van der Waals surface area contributed by atoms with Gasteiger partial charge < -0.3 is 14.8 Å². The normalized spacial score (nSPS) is 10.2. The van der Waals surface area contributed by atoms with Crippen molar-refractivity contribution in [1.29, 1.82) is 0 Å². The molecule has 116 valence electrons. The van der Waals surface area contributed by atoms with E-state index in [1.165, 1.54) is 5.56 Å². The molecule has 5 heteroatoms. The fourth-order valence-electron chi connectivity index (χ4n) is 2.13. The van der Waals surface area contributed by atoms with Gasteiger partial charge in [0, 0.05) is 10.1 Å². The van der Waals surface area contributed by atoms with E-state index in [1.54, 1.807) is 26.4 Å². The molecule has 0 saturated carbocycles. The van der Waals surface area contributed by atoms with Crippen molar-refractivity contribution in [2.45, 2.75) is 13.5 Å². The number of rotatable bonds is 5. The summed E-state index contributed by atoms with van der Waals surface area (Å²) in [6.45, 7) is 2.52. The highest BCUT2D eigenvalue weighted by Crippen LogP contribution is 2.31. The van der Waals surface area contributed by atoms with Crippen LogP contribution in [0, 0.1) is 10.5 Å². The van der Waals surface area contributed by atoms with E-state index >= 15 is 0 Å². The van der Waals surface area contributed by atoms with Crippen LogP contribution in [-0.2, 0) is 6.54 Å². The van der Waals surface area contributed by atoms with E-state index in [4.69, 9.17) is 9.47 Å². The molecule has 0 atom stereocenters. The average Bonchev–Trinajstić information content (AvgIpc) is 2.52. The Morgan fingerprint density at radius 3 is 2.45 bits per heavy atom. The van der Waals surface area contributed by atoms with Gasteiger partial charge in [-0.3, -0.25) is 4.79 Å². The predicted molar refractivity (Wildman–Crippen MR) is 94.6 cm³/mol. The van der Waals surface area contributed by atoms with Crippen molar-refractivity contribution < 1.29 is 14.3 Å². The van der Waals surface area contributed by atoms with Crippen LogP contribution in [0.5, 0.6) is 11.5 Å². The van der Waals surface area contributed by atoms with Crippen molar-refractivity contribution in [3.05, 3.63) is 56.7 Å². The van der Waals surface area contributed by atoms with Gasteiger partial charge >= 0.3 is 0 Å². The lowest BCUT2D eigenvalue weighted by Crippen LogP contribution is -2.23. The van der Waals surface area contributed by atoms with E-state index in [0.29, 0.717) is 23.6 Å². The van der Waals surface area contributed by atoms with Crippen molar-refractivity contribution in [2.24, 2.45) is 0 Å². The Hall–Kier alpha value is -1.76. The first-order chi connectivity index (χ1) is 10.5. The summed E-state index contributed by atoms with van der Waals surface area (Å²) in [4.78, 5) is 12.4. The molecule has 0 aromatic heterocycles.